The maximum absolute atomic E-state index is 13.1. The van der Waals surface area contributed by atoms with Crippen molar-refractivity contribution in [3.8, 4) is 11.6 Å². The van der Waals surface area contributed by atoms with E-state index < -0.39 is 10.7 Å². The van der Waals surface area contributed by atoms with Crippen molar-refractivity contribution in [3.63, 3.8) is 0 Å². The molecule has 98 valence electrons. The molecule has 0 unspecified atom stereocenters. The molecule has 5 nitrogen and oxygen atoms in total. The van der Waals surface area contributed by atoms with Crippen molar-refractivity contribution < 1.29 is 14.1 Å². The Labute approximate surface area is 112 Å². The molecule has 0 saturated heterocycles. The number of benzene rings is 1. The van der Waals surface area contributed by atoms with Gasteiger partial charge in [0, 0.05) is 6.07 Å². The molecule has 0 bridgehead atoms. The molecule has 0 N–H and O–H groups in total. The van der Waals surface area contributed by atoms with E-state index in [1.54, 1.807) is 6.92 Å². The second kappa shape index (κ2) is 5.19. The molecular formula is C12H8ClFN2O3. The van der Waals surface area contributed by atoms with Gasteiger partial charge in [-0.15, -0.1) is 0 Å². The minimum absolute atomic E-state index is 0.0621. The Kier molecular flexibility index (Phi) is 3.62. The van der Waals surface area contributed by atoms with Crippen molar-refractivity contribution in [2.75, 3.05) is 0 Å². The summed E-state index contributed by atoms with van der Waals surface area (Å²) >= 11 is 5.66. The van der Waals surface area contributed by atoms with E-state index in [1.807, 2.05) is 0 Å². The van der Waals surface area contributed by atoms with Gasteiger partial charge in [-0.25, -0.2) is 9.37 Å². The van der Waals surface area contributed by atoms with Gasteiger partial charge in [0.2, 0.25) is 5.88 Å². The summed E-state index contributed by atoms with van der Waals surface area (Å²) in [5.41, 5.74) is 0.426. The van der Waals surface area contributed by atoms with Gasteiger partial charge in [-0.2, -0.15) is 0 Å². The third-order valence-electron chi connectivity index (χ3n) is 2.33. The lowest BCUT2D eigenvalue weighted by molar-refractivity contribution is -0.385. The number of rotatable bonds is 3. The van der Waals surface area contributed by atoms with Crippen LogP contribution in [0.2, 0.25) is 5.15 Å². The lowest BCUT2D eigenvalue weighted by atomic mass is 10.2. The van der Waals surface area contributed by atoms with Crippen molar-refractivity contribution >= 4 is 17.3 Å². The van der Waals surface area contributed by atoms with E-state index in [1.165, 1.54) is 18.2 Å². The monoisotopic (exact) mass is 282 g/mol. The van der Waals surface area contributed by atoms with Crippen molar-refractivity contribution in [1.29, 1.82) is 0 Å². The van der Waals surface area contributed by atoms with Gasteiger partial charge in [0.1, 0.15) is 16.7 Å². The van der Waals surface area contributed by atoms with Crippen LogP contribution in [0.25, 0.3) is 0 Å². The standard InChI is InChI=1S/C12H8ClFN2O3/c1-7-2-3-8(14)4-10(7)19-12-6-9(16(17)18)5-11(13)15-12/h2-6H,1H3. The van der Waals surface area contributed by atoms with Crippen LogP contribution in [-0.4, -0.2) is 9.91 Å². The van der Waals surface area contributed by atoms with E-state index in [9.17, 15) is 14.5 Å². The highest BCUT2D eigenvalue weighted by molar-refractivity contribution is 6.29. The van der Waals surface area contributed by atoms with Crippen molar-refractivity contribution in [2.45, 2.75) is 6.92 Å². The van der Waals surface area contributed by atoms with E-state index in [-0.39, 0.29) is 22.5 Å². The molecule has 1 heterocycles. The zero-order chi connectivity index (χ0) is 14.0. The molecule has 1 aromatic carbocycles. The van der Waals surface area contributed by atoms with Crippen molar-refractivity contribution in [2.24, 2.45) is 0 Å². The predicted octanol–water partition coefficient (Wildman–Crippen LogP) is 3.88. The molecule has 0 radical (unpaired) electrons. The first-order valence-electron chi connectivity index (χ1n) is 5.21. The number of nitrogens with zero attached hydrogens (tertiary/aromatic N) is 2. The van der Waals surface area contributed by atoms with Crippen LogP contribution in [-0.2, 0) is 0 Å². The topological polar surface area (TPSA) is 65.3 Å². The van der Waals surface area contributed by atoms with E-state index in [0.29, 0.717) is 5.56 Å². The smallest absolute Gasteiger partial charge is 0.277 e. The summed E-state index contributed by atoms with van der Waals surface area (Å²) in [5, 5.41) is 10.6. The number of pyridine rings is 1. The zero-order valence-electron chi connectivity index (χ0n) is 9.76. The predicted molar refractivity (Wildman–Crippen MR) is 67.1 cm³/mol. The molecule has 0 atom stereocenters. The van der Waals surface area contributed by atoms with E-state index in [2.05, 4.69) is 4.98 Å². The fourth-order valence-electron chi connectivity index (χ4n) is 1.41. The molecule has 7 heteroatoms. The van der Waals surface area contributed by atoms with Gasteiger partial charge >= 0.3 is 0 Å². The first-order chi connectivity index (χ1) is 8.95. The summed E-state index contributed by atoms with van der Waals surface area (Å²) in [6.45, 7) is 1.72. The summed E-state index contributed by atoms with van der Waals surface area (Å²) < 4.78 is 18.4. The van der Waals surface area contributed by atoms with Gasteiger partial charge in [-0.1, -0.05) is 17.7 Å². The van der Waals surface area contributed by atoms with Crippen LogP contribution in [0.4, 0.5) is 10.1 Å². The van der Waals surface area contributed by atoms with Crippen molar-refractivity contribution in [3.05, 3.63) is 57.0 Å². The summed E-state index contributed by atoms with van der Waals surface area (Å²) in [5.74, 6) is -0.311. The van der Waals surface area contributed by atoms with Gasteiger partial charge in [0.25, 0.3) is 5.69 Å². The van der Waals surface area contributed by atoms with E-state index in [4.69, 9.17) is 16.3 Å². The second-order valence-corrected chi connectivity index (χ2v) is 4.14. The number of nitro groups is 1. The maximum atomic E-state index is 13.1. The van der Waals surface area contributed by atoms with Gasteiger partial charge in [-0.3, -0.25) is 10.1 Å². The minimum Gasteiger partial charge on any atom is -0.438 e. The maximum Gasteiger partial charge on any atom is 0.277 e. The van der Waals surface area contributed by atoms with Gasteiger partial charge in [-0.05, 0) is 18.6 Å². The molecule has 0 amide bonds. The molecule has 0 fully saturated rings. The quantitative estimate of drug-likeness (QED) is 0.487. The van der Waals surface area contributed by atoms with E-state index in [0.717, 1.165) is 12.1 Å². The highest BCUT2D eigenvalue weighted by Gasteiger charge is 2.12. The number of halogens is 2. The molecule has 1 aromatic heterocycles. The molecule has 0 saturated carbocycles. The van der Waals surface area contributed by atoms with Gasteiger partial charge in [0.05, 0.1) is 17.1 Å². The van der Waals surface area contributed by atoms with Crippen LogP contribution in [0.15, 0.2) is 30.3 Å². The average Bonchev–Trinajstić information content (AvgIpc) is 2.33. The first-order valence-corrected chi connectivity index (χ1v) is 5.59. The average molecular weight is 283 g/mol. The Balaban J connectivity index is 2.38. The van der Waals surface area contributed by atoms with Crippen LogP contribution < -0.4 is 4.74 Å². The molecule has 19 heavy (non-hydrogen) atoms. The molecule has 0 aliphatic heterocycles. The lowest BCUT2D eigenvalue weighted by Gasteiger charge is -2.07. The lowest BCUT2D eigenvalue weighted by Crippen LogP contribution is -1.94. The SMILES string of the molecule is Cc1ccc(F)cc1Oc1cc([N+](=O)[O-])cc(Cl)n1. The highest BCUT2D eigenvalue weighted by Crippen LogP contribution is 2.28. The Morgan fingerprint density at radius 3 is 2.79 bits per heavy atom. The second-order valence-electron chi connectivity index (χ2n) is 3.76. The number of aromatic nitrogens is 1. The summed E-state index contributed by atoms with van der Waals surface area (Å²) in [6.07, 6.45) is 0. The molecule has 0 aliphatic rings. The third-order valence-corrected chi connectivity index (χ3v) is 2.52. The molecule has 2 rings (SSSR count). The molecular weight excluding hydrogens is 275 g/mol. The largest absolute Gasteiger partial charge is 0.438 e. The van der Waals surface area contributed by atoms with Crippen LogP contribution in [0.1, 0.15) is 5.56 Å². The molecule has 0 aliphatic carbocycles. The number of hydrogen-bond acceptors (Lipinski definition) is 4. The normalized spacial score (nSPS) is 10.3. The first kappa shape index (κ1) is 13.2. The fraction of sp³-hybridized carbons (Fsp3) is 0.0833. The Hall–Kier alpha value is -2.21. The van der Waals surface area contributed by atoms with Gasteiger partial charge < -0.3 is 4.74 Å². The summed E-state index contributed by atoms with van der Waals surface area (Å²) in [7, 11) is 0. The Bertz CT molecular complexity index is 649. The number of hydrogen-bond donors (Lipinski definition) is 0. The van der Waals surface area contributed by atoms with Crippen molar-refractivity contribution in [1.82, 2.24) is 4.98 Å². The minimum atomic E-state index is -0.612. The Morgan fingerprint density at radius 2 is 2.11 bits per heavy atom. The fourth-order valence-corrected chi connectivity index (χ4v) is 1.61. The Morgan fingerprint density at radius 1 is 1.37 bits per heavy atom. The summed E-state index contributed by atoms with van der Waals surface area (Å²) in [6, 6.07) is 6.21. The number of ether oxygens (including phenoxy) is 1. The zero-order valence-corrected chi connectivity index (χ0v) is 10.5. The molecule has 2 aromatic rings. The highest BCUT2D eigenvalue weighted by atomic mass is 35.5. The van der Waals surface area contributed by atoms with Crippen LogP contribution in [0.5, 0.6) is 11.6 Å². The summed E-state index contributed by atoms with van der Waals surface area (Å²) in [4.78, 5) is 13.9. The molecule has 0 spiro atoms. The number of aryl methyl sites for hydroxylation is 1. The van der Waals surface area contributed by atoms with E-state index >= 15 is 0 Å². The third kappa shape index (κ3) is 3.17. The van der Waals surface area contributed by atoms with Crippen LogP contribution >= 0.6 is 11.6 Å². The van der Waals surface area contributed by atoms with Crippen LogP contribution in [0, 0.1) is 22.9 Å². The van der Waals surface area contributed by atoms with Gasteiger partial charge in [0.15, 0.2) is 0 Å². The van der Waals surface area contributed by atoms with Crippen LogP contribution in [0.3, 0.4) is 0 Å².